The number of aryl methyl sites for hydroxylation is 3. The zero-order valence-electron chi connectivity index (χ0n) is 17.1. The first-order chi connectivity index (χ1) is 15.3. The Morgan fingerprint density at radius 3 is 2.81 bits per heavy atom. The average molecular weight is 477 g/mol. The summed E-state index contributed by atoms with van der Waals surface area (Å²) in [6.07, 6.45) is 0.355. The Morgan fingerprint density at radius 1 is 1.25 bits per heavy atom. The number of benzene rings is 1. The van der Waals surface area contributed by atoms with Crippen LogP contribution >= 0.6 is 22.7 Å². The van der Waals surface area contributed by atoms with Crippen LogP contribution in [0, 0.1) is 13.8 Å². The van der Waals surface area contributed by atoms with Crippen LogP contribution in [0.2, 0.25) is 0 Å². The minimum atomic E-state index is -2.95. The van der Waals surface area contributed by atoms with Crippen LogP contribution in [0.25, 0.3) is 21.5 Å². The van der Waals surface area contributed by atoms with Crippen LogP contribution in [-0.4, -0.2) is 27.5 Å². The highest BCUT2D eigenvalue weighted by Gasteiger charge is 2.15. The highest BCUT2D eigenvalue weighted by Crippen LogP contribution is 2.33. The van der Waals surface area contributed by atoms with Gasteiger partial charge in [-0.05, 0) is 31.5 Å². The molecule has 0 bridgehead atoms. The van der Waals surface area contributed by atoms with E-state index < -0.39 is 6.61 Å². The summed E-state index contributed by atoms with van der Waals surface area (Å²) in [5.41, 5.74) is 1.53. The number of ether oxygens (including phenoxy) is 1. The number of thiophene rings is 1. The second kappa shape index (κ2) is 9.13. The maximum Gasteiger partial charge on any atom is 0.387 e. The van der Waals surface area contributed by atoms with E-state index in [4.69, 9.17) is 0 Å². The van der Waals surface area contributed by atoms with E-state index in [2.05, 4.69) is 25.0 Å². The Bertz CT molecular complexity index is 1350. The molecule has 0 fully saturated rings. The van der Waals surface area contributed by atoms with Crippen molar-refractivity contribution in [3.8, 4) is 17.0 Å². The van der Waals surface area contributed by atoms with Gasteiger partial charge in [-0.3, -0.25) is 9.59 Å². The number of carbonyl (C=O) groups excluding carboxylic acids is 1. The average Bonchev–Trinajstić information content (AvgIpc) is 3.31. The molecule has 1 amide bonds. The van der Waals surface area contributed by atoms with Crippen LogP contribution < -0.4 is 15.6 Å². The van der Waals surface area contributed by atoms with Crippen molar-refractivity contribution >= 4 is 43.9 Å². The molecular formula is C21H18F2N4O3S2. The highest BCUT2D eigenvalue weighted by molar-refractivity contribution is 7.18. The largest absolute Gasteiger partial charge is 0.434 e. The number of amides is 1. The number of halogens is 2. The second-order valence-corrected chi connectivity index (χ2v) is 9.00. The second-order valence-electron chi connectivity index (χ2n) is 6.94. The number of rotatable bonds is 7. The lowest BCUT2D eigenvalue weighted by Crippen LogP contribution is -2.16. The predicted molar refractivity (Wildman–Crippen MR) is 121 cm³/mol. The molecule has 4 aromatic rings. The molecule has 0 aliphatic rings. The monoisotopic (exact) mass is 476 g/mol. The van der Waals surface area contributed by atoms with Crippen molar-refractivity contribution in [3.63, 3.8) is 0 Å². The van der Waals surface area contributed by atoms with Gasteiger partial charge in [-0.25, -0.2) is 9.97 Å². The first-order valence-electron chi connectivity index (χ1n) is 9.60. The summed E-state index contributed by atoms with van der Waals surface area (Å²) in [6, 6.07) is 6.32. The van der Waals surface area contributed by atoms with Crippen molar-refractivity contribution in [1.82, 2.24) is 15.0 Å². The lowest BCUT2D eigenvalue weighted by atomic mass is 10.1. The molecule has 0 atom stereocenters. The van der Waals surface area contributed by atoms with Gasteiger partial charge in [0.25, 0.3) is 5.56 Å². The van der Waals surface area contributed by atoms with E-state index >= 15 is 0 Å². The van der Waals surface area contributed by atoms with Crippen LogP contribution in [0.5, 0.6) is 5.75 Å². The number of aromatic amines is 1. The third-order valence-corrected chi connectivity index (χ3v) is 6.67. The van der Waals surface area contributed by atoms with E-state index in [9.17, 15) is 18.4 Å². The zero-order valence-corrected chi connectivity index (χ0v) is 18.7. The number of para-hydroxylation sites is 1. The minimum Gasteiger partial charge on any atom is -0.434 e. The molecule has 0 aliphatic heterocycles. The summed E-state index contributed by atoms with van der Waals surface area (Å²) in [5.74, 6) is 0.149. The van der Waals surface area contributed by atoms with Crippen LogP contribution in [0.15, 0.2) is 34.4 Å². The number of alkyl halides is 2. The number of H-pyrrole nitrogens is 1. The van der Waals surface area contributed by atoms with E-state index in [-0.39, 0.29) is 30.1 Å². The smallest absolute Gasteiger partial charge is 0.387 e. The number of hydrogen-bond acceptors (Lipinski definition) is 7. The van der Waals surface area contributed by atoms with Crippen LogP contribution in [0.1, 0.15) is 22.7 Å². The van der Waals surface area contributed by atoms with Crippen molar-refractivity contribution in [1.29, 1.82) is 0 Å². The quantitative estimate of drug-likeness (QED) is 0.396. The molecule has 2 N–H and O–H groups in total. The molecule has 0 saturated heterocycles. The normalized spacial score (nSPS) is 11.3. The van der Waals surface area contributed by atoms with E-state index in [1.165, 1.54) is 28.7 Å². The predicted octanol–water partition coefficient (Wildman–Crippen LogP) is 4.90. The van der Waals surface area contributed by atoms with Gasteiger partial charge < -0.3 is 15.0 Å². The Hall–Kier alpha value is -3.18. The summed E-state index contributed by atoms with van der Waals surface area (Å²) in [4.78, 5) is 37.9. The molecule has 0 spiro atoms. The number of thiazole rings is 1. The van der Waals surface area contributed by atoms with Crippen molar-refractivity contribution in [2.24, 2.45) is 0 Å². The molecule has 32 heavy (non-hydrogen) atoms. The number of anilines is 1. The van der Waals surface area contributed by atoms with E-state index in [0.29, 0.717) is 32.4 Å². The van der Waals surface area contributed by atoms with Gasteiger partial charge in [0, 0.05) is 28.7 Å². The fraction of sp³-hybridized carbons (Fsp3) is 0.238. The zero-order chi connectivity index (χ0) is 22.8. The van der Waals surface area contributed by atoms with Gasteiger partial charge in [-0.15, -0.1) is 22.7 Å². The van der Waals surface area contributed by atoms with E-state index in [1.54, 1.807) is 23.6 Å². The Labute approximate surface area is 189 Å². The number of aromatic nitrogens is 3. The van der Waals surface area contributed by atoms with Crippen molar-refractivity contribution in [2.45, 2.75) is 33.3 Å². The van der Waals surface area contributed by atoms with Gasteiger partial charge in [0.15, 0.2) is 5.13 Å². The molecule has 11 heteroatoms. The third-order valence-electron chi connectivity index (χ3n) is 4.81. The van der Waals surface area contributed by atoms with Crippen LogP contribution in [0.3, 0.4) is 0 Å². The number of hydrogen-bond donors (Lipinski definition) is 2. The lowest BCUT2D eigenvalue weighted by molar-refractivity contribution is -0.116. The third kappa shape index (κ3) is 4.68. The topological polar surface area (TPSA) is 97.0 Å². The Morgan fingerprint density at radius 2 is 2.03 bits per heavy atom. The summed E-state index contributed by atoms with van der Waals surface area (Å²) >= 11 is 2.62. The maximum atomic E-state index is 12.6. The molecule has 4 rings (SSSR count). The Kier molecular flexibility index (Phi) is 6.28. The number of nitrogens with one attached hydrogen (secondary N) is 2. The first kappa shape index (κ1) is 22.0. The summed E-state index contributed by atoms with van der Waals surface area (Å²) in [7, 11) is 0. The van der Waals surface area contributed by atoms with Gasteiger partial charge in [-0.1, -0.05) is 12.1 Å². The van der Waals surface area contributed by atoms with Gasteiger partial charge in [0.2, 0.25) is 5.91 Å². The lowest BCUT2D eigenvalue weighted by Gasteiger charge is -2.08. The van der Waals surface area contributed by atoms with Gasteiger partial charge in [-0.2, -0.15) is 8.78 Å². The molecule has 1 aromatic carbocycles. The maximum absolute atomic E-state index is 12.6. The fourth-order valence-electron chi connectivity index (χ4n) is 3.16. The minimum absolute atomic E-state index is 0.00940. The van der Waals surface area contributed by atoms with Crippen molar-refractivity contribution < 1.29 is 18.3 Å². The van der Waals surface area contributed by atoms with E-state index in [1.807, 2.05) is 13.8 Å². The molecule has 0 unspecified atom stereocenters. The molecule has 0 radical (unpaired) electrons. The van der Waals surface area contributed by atoms with Crippen LogP contribution in [0.4, 0.5) is 13.9 Å². The highest BCUT2D eigenvalue weighted by atomic mass is 32.1. The van der Waals surface area contributed by atoms with Crippen molar-refractivity contribution in [3.05, 3.63) is 56.3 Å². The number of nitrogens with zero attached hydrogens (tertiary/aromatic N) is 2. The number of carbonyl (C=O) groups is 1. The van der Waals surface area contributed by atoms with Crippen LogP contribution in [-0.2, 0) is 11.2 Å². The molecule has 3 heterocycles. The van der Waals surface area contributed by atoms with Gasteiger partial charge >= 0.3 is 6.61 Å². The first-order valence-corrected chi connectivity index (χ1v) is 11.3. The SMILES string of the molecule is Cc1sc2nc(CCC(=O)Nc3nc(-c4ccccc4OC(F)F)cs3)[nH]c(=O)c2c1C. The van der Waals surface area contributed by atoms with Gasteiger partial charge in [0.1, 0.15) is 16.4 Å². The molecular weight excluding hydrogens is 458 g/mol. The van der Waals surface area contributed by atoms with Crippen molar-refractivity contribution in [2.75, 3.05) is 5.32 Å². The summed E-state index contributed by atoms with van der Waals surface area (Å²) in [5, 5.41) is 5.26. The molecule has 0 aliphatic carbocycles. The number of fused-ring (bicyclic) bond motifs is 1. The molecule has 166 valence electrons. The molecule has 0 saturated carbocycles. The molecule has 3 aromatic heterocycles. The fourth-order valence-corrected chi connectivity index (χ4v) is 4.94. The summed E-state index contributed by atoms with van der Waals surface area (Å²) in [6.45, 7) is 0.878. The Balaban J connectivity index is 1.42. The summed E-state index contributed by atoms with van der Waals surface area (Å²) < 4.78 is 29.8. The molecule has 7 nitrogen and oxygen atoms in total. The van der Waals surface area contributed by atoms with E-state index in [0.717, 1.165) is 10.4 Å². The standard InChI is InChI=1S/C21H18F2N4O3S2/c1-10-11(2)32-19-17(10)18(29)25-15(26-19)7-8-16(28)27-21-24-13(9-31-21)12-5-3-4-6-14(12)30-20(22)23/h3-6,9,20H,7-8H2,1-2H3,(H,24,27,28)(H,25,26,29). The van der Waals surface area contributed by atoms with Gasteiger partial charge in [0.05, 0.1) is 11.1 Å².